The minimum atomic E-state index is -0.121. The van der Waals surface area contributed by atoms with Crippen molar-refractivity contribution in [2.45, 2.75) is 19.3 Å². The van der Waals surface area contributed by atoms with E-state index in [4.69, 9.17) is 17.3 Å². The maximum Gasteiger partial charge on any atom is 0.250 e. The molecule has 1 heterocycles. The number of benzene rings is 2. The van der Waals surface area contributed by atoms with Crippen LogP contribution in [0.2, 0.25) is 5.02 Å². The van der Waals surface area contributed by atoms with Crippen molar-refractivity contribution in [3.8, 4) is 0 Å². The molecule has 0 amide bonds. The molecule has 3 aromatic rings. The Bertz CT molecular complexity index is 1070. The lowest BCUT2D eigenvalue weighted by Crippen LogP contribution is -2.18. The second-order valence-electron chi connectivity index (χ2n) is 6.84. The molecule has 5 nitrogen and oxygen atoms in total. The highest BCUT2D eigenvalue weighted by Crippen LogP contribution is 2.33. The smallest absolute Gasteiger partial charge is 0.250 e. The first-order valence-electron chi connectivity index (χ1n) is 8.88. The molecule has 28 heavy (non-hydrogen) atoms. The van der Waals surface area contributed by atoms with Crippen molar-refractivity contribution in [2.75, 3.05) is 5.73 Å². The number of hydrogen-bond acceptors (Lipinski definition) is 4. The molecular weight excluding hydrogens is 374 g/mol. The molecule has 0 saturated carbocycles. The van der Waals surface area contributed by atoms with Crippen LogP contribution in [0.25, 0.3) is 0 Å². The van der Waals surface area contributed by atoms with Crippen molar-refractivity contribution in [1.29, 1.82) is 0 Å². The number of oxime groups is 1. The zero-order valence-corrected chi connectivity index (χ0v) is 16.5. The highest BCUT2D eigenvalue weighted by Gasteiger charge is 2.21. The zero-order chi connectivity index (χ0) is 20.3. The molecule has 3 N–H and O–H groups in total. The summed E-state index contributed by atoms with van der Waals surface area (Å²) in [5.41, 5.74) is 10.8. The van der Waals surface area contributed by atoms with Crippen molar-refractivity contribution >= 4 is 23.0 Å². The van der Waals surface area contributed by atoms with Gasteiger partial charge in [-0.05, 0) is 53.9 Å². The fourth-order valence-electron chi connectivity index (χ4n) is 3.34. The first kappa shape index (κ1) is 19.7. The van der Waals surface area contributed by atoms with Crippen molar-refractivity contribution in [3.63, 3.8) is 0 Å². The number of nitrogens with zero attached hydrogens (tertiary/aromatic N) is 2. The Labute approximate surface area is 168 Å². The van der Waals surface area contributed by atoms with Crippen LogP contribution in [0, 0.1) is 6.92 Å². The Hall–Kier alpha value is -3.05. The summed E-state index contributed by atoms with van der Waals surface area (Å²) in [7, 11) is 1.67. The van der Waals surface area contributed by atoms with Gasteiger partial charge in [0.05, 0.1) is 5.71 Å². The molecular formula is C22H22ClN3O2. The van der Waals surface area contributed by atoms with Crippen molar-refractivity contribution < 1.29 is 5.21 Å². The second-order valence-corrected chi connectivity index (χ2v) is 7.27. The minimum absolute atomic E-state index is 0.0685. The fraction of sp³-hybridized carbons (Fsp3) is 0.182. The van der Waals surface area contributed by atoms with Gasteiger partial charge in [0, 0.05) is 47.9 Å². The van der Waals surface area contributed by atoms with Crippen LogP contribution in [0.3, 0.4) is 0 Å². The van der Waals surface area contributed by atoms with Gasteiger partial charge >= 0.3 is 0 Å². The molecule has 0 aliphatic carbocycles. The highest BCUT2D eigenvalue weighted by molar-refractivity contribution is 6.30. The summed E-state index contributed by atoms with van der Waals surface area (Å²) >= 11 is 6.14. The molecule has 2 aromatic carbocycles. The van der Waals surface area contributed by atoms with Crippen LogP contribution in [-0.4, -0.2) is 15.5 Å². The van der Waals surface area contributed by atoms with Gasteiger partial charge < -0.3 is 15.5 Å². The molecule has 3 rings (SSSR count). The summed E-state index contributed by atoms with van der Waals surface area (Å²) in [6.45, 7) is 2.01. The van der Waals surface area contributed by atoms with Gasteiger partial charge in [0.2, 0.25) is 5.56 Å². The van der Waals surface area contributed by atoms with E-state index in [2.05, 4.69) is 5.16 Å². The first-order chi connectivity index (χ1) is 13.4. The van der Waals surface area contributed by atoms with Crippen LogP contribution in [0.4, 0.5) is 5.69 Å². The van der Waals surface area contributed by atoms with Crippen LogP contribution in [0.5, 0.6) is 0 Å². The normalized spacial score (nSPS) is 12.8. The summed E-state index contributed by atoms with van der Waals surface area (Å²) in [5, 5.41) is 13.9. The van der Waals surface area contributed by atoms with Gasteiger partial charge in [-0.15, -0.1) is 0 Å². The Morgan fingerprint density at radius 3 is 2.50 bits per heavy atom. The third-order valence-electron chi connectivity index (χ3n) is 4.88. The number of anilines is 1. The maximum absolute atomic E-state index is 11.7. The van der Waals surface area contributed by atoms with E-state index in [1.54, 1.807) is 19.3 Å². The number of rotatable bonds is 5. The number of halogens is 1. The summed E-state index contributed by atoms with van der Waals surface area (Å²) in [5.74, 6) is -0.0685. The third kappa shape index (κ3) is 4.26. The highest BCUT2D eigenvalue weighted by atomic mass is 35.5. The molecule has 6 heteroatoms. The molecule has 1 atom stereocenters. The third-order valence-corrected chi connectivity index (χ3v) is 5.12. The predicted molar refractivity (Wildman–Crippen MR) is 114 cm³/mol. The van der Waals surface area contributed by atoms with E-state index in [0.29, 0.717) is 28.4 Å². The fourth-order valence-corrected chi connectivity index (χ4v) is 3.57. The van der Waals surface area contributed by atoms with E-state index in [-0.39, 0.29) is 11.5 Å². The van der Waals surface area contributed by atoms with E-state index in [1.165, 1.54) is 10.6 Å². The number of pyridine rings is 1. The van der Waals surface area contributed by atoms with E-state index in [9.17, 15) is 10.0 Å². The molecule has 0 aliphatic rings. The number of nitrogens with two attached hydrogens (primary N) is 1. The Kier molecular flexibility index (Phi) is 5.85. The van der Waals surface area contributed by atoms with Crippen LogP contribution in [0.15, 0.2) is 70.7 Å². The monoisotopic (exact) mass is 395 g/mol. The lowest BCUT2D eigenvalue weighted by atomic mass is 9.83. The molecule has 0 spiro atoms. The predicted octanol–water partition coefficient (Wildman–Crippen LogP) is 4.33. The SMILES string of the molecule is Cc1cc(Cl)ccc1C(C/C(=N\O)c1ccc(=O)n(C)c1)c1ccc(N)cc1. The number of hydrogen-bond donors (Lipinski definition) is 2. The zero-order valence-electron chi connectivity index (χ0n) is 15.8. The largest absolute Gasteiger partial charge is 0.411 e. The van der Waals surface area contributed by atoms with Gasteiger partial charge in [-0.3, -0.25) is 4.79 Å². The molecule has 0 fully saturated rings. The Morgan fingerprint density at radius 2 is 1.89 bits per heavy atom. The molecule has 0 radical (unpaired) electrons. The minimum Gasteiger partial charge on any atom is -0.411 e. The van der Waals surface area contributed by atoms with E-state index in [1.807, 2.05) is 49.4 Å². The van der Waals surface area contributed by atoms with Gasteiger partial charge in [0.25, 0.3) is 0 Å². The van der Waals surface area contributed by atoms with E-state index < -0.39 is 0 Å². The van der Waals surface area contributed by atoms with Gasteiger partial charge in [0.15, 0.2) is 0 Å². The average Bonchev–Trinajstić information content (AvgIpc) is 2.67. The molecule has 0 bridgehead atoms. The summed E-state index contributed by atoms with van der Waals surface area (Å²) in [4.78, 5) is 11.7. The number of nitrogen functional groups attached to an aromatic ring is 1. The van der Waals surface area contributed by atoms with E-state index >= 15 is 0 Å². The maximum atomic E-state index is 11.7. The van der Waals surface area contributed by atoms with Gasteiger partial charge in [0.1, 0.15) is 0 Å². The van der Waals surface area contributed by atoms with Crippen LogP contribution in [-0.2, 0) is 7.05 Å². The Morgan fingerprint density at radius 1 is 1.18 bits per heavy atom. The molecule has 0 saturated heterocycles. The van der Waals surface area contributed by atoms with Gasteiger partial charge in [-0.25, -0.2) is 0 Å². The second kappa shape index (κ2) is 8.31. The van der Waals surface area contributed by atoms with Gasteiger partial charge in [-0.2, -0.15) is 0 Å². The number of aromatic nitrogens is 1. The molecule has 1 unspecified atom stereocenters. The molecule has 144 valence electrons. The standard InChI is InChI=1S/C22H22ClN3O2/c1-14-11-17(23)6-9-19(14)20(15-3-7-18(24)8-4-15)12-21(25-28)16-5-10-22(27)26(2)13-16/h3-11,13,20,28H,12,24H2,1-2H3/b25-21+. The quantitative estimate of drug-likeness (QED) is 0.292. The van der Waals surface area contributed by atoms with Crippen molar-refractivity contribution in [2.24, 2.45) is 12.2 Å². The lowest BCUT2D eigenvalue weighted by Gasteiger charge is -2.21. The number of aryl methyl sites for hydroxylation is 2. The Balaban J connectivity index is 2.06. The van der Waals surface area contributed by atoms with Crippen LogP contribution in [0.1, 0.15) is 34.6 Å². The molecule has 1 aromatic heterocycles. The topological polar surface area (TPSA) is 80.6 Å². The molecule has 0 aliphatic heterocycles. The van der Waals surface area contributed by atoms with Gasteiger partial charge in [-0.1, -0.05) is 35.0 Å². The summed E-state index contributed by atoms with van der Waals surface area (Å²) < 4.78 is 1.46. The van der Waals surface area contributed by atoms with Crippen LogP contribution >= 0.6 is 11.6 Å². The first-order valence-corrected chi connectivity index (χ1v) is 9.26. The lowest BCUT2D eigenvalue weighted by molar-refractivity contribution is 0.317. The summed E-state index contributed by atoms with van der Waals surface area (Å²) in [6.07, 6.45) is 2.12. The summed E-state index contributed by atoms with van der Waals surface area (Å²) in [6, 6.07) is 16.6. The van der Waals surface area contributed by atoms with Crippen molar-refractivity contribution in [3.05, 3.63) is 98.4 Å². The van der Waals surface area contributed by atoms with Crippen LogP contribution < -0.4 is 11.3 Å². The van der Waals surface area contributed by atoms with Crippen molar-refractivity contribution in [1.82, 2.24) is 4.57 Å². The van der Waals surface area contributed by atoms with E-state index in [0.717, 1.165) is 16.7 Å². The average molecular weight is 396 g/mol.